The van der Waals surface area contributed by atoms with Crippen LogP contribution in [0.25, 0.3) is 0 Å². The van der Waals surface area contributed by atoms with Gasteiger partial charge in [0.05, 0.1) is 0 Å². The van der Waals surface area contributed by atoms with Gasteiger partial charge in [0, 0.05) is 36.2 Å². The van der Waals surface area contributed by atoms with Crippen molar-refractivity contribution in [1.29, 1.82) is 0 Å². The summed E-state index contributed by atoms with van der Waals surface area (Å²) in [4.78, 5) is 23.5. The molecule has 1 fully saturated rings. The second-order valence-corrected chi connectivity index (χ2v) is 6.71. The van der Waals surface area contributed by atoms with Crippen LogP contribution in [0.3, 0.4) is 0 Å². The third-order valence-corrected chi connectivity index (χ3v) is 4.10. The quantitative estimate of drug-likeness (QED) is 0.873. The molecular formula is C19H25N5O. The topological polar surface area (TPSA) is 70.2 Å². The predicted molar refractivity (Wildman–Crippen MR) is 101 cm³/mol. The van der Waals surface area contributed by atoms with Gasteiger partial charge in [-0.15, -0.1) is 0 Å². The Balaban J connectivity index is 1.70. The molecule has 3 rings (SSSR count). The van der Waals surface area contributed by atoms with Crippen LogP contribution in [-0.4, -0.2) is 35.0 Å². The molecule has 1 aromatic heterocycles. The van der Waals surface area contributed by atoms with Crippen molar-refractivity contribution in [2.24, 2.45) is 0 Å². The highest BCUT2D eigenvalue weighted by Crippen LogP contribution is 2.22. The highest BCUT2D eigenvalue weighted by molar-refractivity contribution is 6.03. The lowest BCUT2D eigenvalue weighted by atomic mass is 10.2. The van der Waals surface area contributed by atoms with Gasteiger partial charge in [0.15, 0.2) is 0 Å². The Labute approximate surface area is 148 Å². The largest absolute Gasteiger partial charge is 0.372 e. The van der Waals surface area contributed by atoms with Crippen LogP contribution < -0.4 is 15.5 Å². The summed E-state index contributed by atoms with van der Waals surface area (Å²) in [6.45, 7) is 8.09. The number of aromatic nitrogens is 2. The van der Waals surface area contributed by atoms with E-state index in [0.29, 0.717) is 11.6 Å². The van der Waals surface area contributed by atoms with Gasteiger partial charge in [0.2, 0.25) is 5.95 Å². The van der Waals surface area contributed by atoms with Crippen molar-refractivity contribution in [2.45, 2.75) is 39.7 Å². The van der Waals surface area contributed by atoms with Gasteiger partial charge in [-0.2, -0.15) is 0 Å². The summed E-state index contributed by atoms with van der Waals surface area (Å²) < 4.78 is 0. The van der Waals surface area contributed by atoms with Gasteiger partial charge in [-0.1, -0.05) is 0 Å². The van der Waals surface area contributed by atoms with Crippen LogP contribution >= 0.6 is 0 Å². The standard InChI is InChI=1S/C19H25N5O/c1-13(2)20-19-21-14(3)12-17(23-19)18(25)22-15-6-8-16(9-7-15)24-10-4-5-11-24/h6-9,12-13H,4-5,10-11H2,1-3H3,(H,22,25)(H,20,21,23). The van der Waals surface area contributed by atoms with E-state index in [1.807, 2.05) is 32.9 Å². The molecule has 0 radical (unpaired) electrons. The number of nitrogens with one attached hydrogen (secondary N) is 2. The fourth-order valence-electron chi connectivity index (χ4n) is 2.93. The summed E-state index contributed by atoms with van der Waals surface area (Å²) in [7, 11) is 0. The van der Waals surface area contributed by atoms with Gasteiger partial charge in [-0.05, 0) is 63.9 Å². The van der Waals surface area contributed by atoms with Gasteiger partial charge in [0.25, 0.3) is 5.91 Å². The molecule has 0 atom stereocenters. The minimum Gasteiger partial charge on any atom is -0.372 e. The first-order chi connectivity index (χ1) is 12.0. The molecule has 0 unspecified atom stereocenters. The Morgan fingerprint density at radius 1 is 1.12 bits per heavy atom. The average molecular weight is 339 g/mol. The Hall–Kier alpha value is -2.63. The molecule has 2 aromatic rings. The Bertz CT molecular complexity index is 736. The molecule has 2 N–H and O–H groups in total. The fraction of sp³-hybridized carbons (Fsp3) is 0.421. The third kappa shape index (κ3) is 4.47. The monoisotopic (exact) mass is 339 g/mol. The number of hydrogen-bond donors (Lipinski definition) is 2. The van der Waals surface area contributed by atoms with E-state index in [2.05, 4.69) is 37.6 Å². The summed E-state index contributed by atoms with van der Waals surface area (Å²) in [6, 6.07) is 9.88. The fourth-order valence-corrected chi connectivity index (χ4v) is 2.93. The zero-order valence-corrected chi connectivity index (χ0v) is 15.0. The number of aryl methyl sites for hydroxylation is 1. The minimum absolute atomic E-state index is 0.204. The van der Waals surface area contributed by atoms with Crippen molar-refractivity contribution >= 4 is 23.2 Å². The summed E-state index contributed by atoms with van der Waals surface area (Å²) in [5.74, 6) is 0.246. The van der Waals surface area contributed by atoms with Crippen LogP contribution in [0.15, 0.2) is 30.3 Å². The molecule has 0 bridgehead atoms. The molecule has 132 valence electrons. The highest BCUT2D eigenvalue weighted by Gasteiger charge is 2.14. The van der Waals surface area contributed by atoms with E-state index < -0.39 is 0 Å². The molecule has 1 aliphatic rings. The number of carbonyl (C=O) groups excluding carboxylic acids is 1. The highest BCUT2D eigenvalue weighted by atomic mass is 16.1. The lowest BCUT2D eigenvalue weighted by Crippen LogP contribution is -2.19. The first-order valence-corrected chi connectivity index (χ1v) is 8.80. The van der Waals surface area contributed by atoms with Crippen LogP contribution in [-0.2, 0) is 0 Å². The summed E-state index contributed by atoms with van der Waals surface area (Å²) >= 11 is 0. The van der Waals surface area contributed by atoms with Crippen molar-refractivity contribution < 1.29 is 4.79 Å². The van der Waals surface area contributed by atoms with Gasteiger partial charge in [0.1, 0.15) is 5.69 Å². The average Bonchev–Trinajstić information content (AvgIpc) is 3.09. The second-order valence-electron chi connectivity index (χ2n) is 6.71. The molecule has 0 saturated carbocycles. The number of carbonyl (C=O) groups is 1. The number of amides is 1. The van der Waals surface area contributed by atoms with Crippen LogP contribution in [0.5, 0.6) is 0 Å². The van der Waals surface area contributed by atoms with E-state index in [1.165, 1.54) is 18.5 Å². The lowest BCUT2D eigenvalue weighted by Gasteiger charge is -2.17. The number of anilines is 3. The molecule has 0 aliphatic carbocycles. The first-order valence-electron chi connectivity index (χ1n) is 8.80. The lowest BCUT2D eigenvalue weighted by molar-refractivity contribution is 0.102. The number of hydrogen-bond acceptors (Lipinski definition) is 5. The molecule has 2 heterocycles. The van der Waals surface area contributed by atoms with Gasteiger partial charge in [-0.25, -0.2) is 9.97 Å². The Morgan fingerprint density at radius 3 is 2.44 bits per heavy atom. The zero-order chi connectivity index (χ0) is 17.8. The molecule has 0 spiro atoms. The first kappa shape index (κ1) is 17.2. The van der Waals surface area contributed by atoms with Crippen LogP contribution in [0.4, 0.5) is 17.3 Å². The van der Waals surface area contributed by atoms with Crippen LogP contribution in [0.2, 0.25) is 0 Å². The van der Waals surface area contributed by atoms with E-state index >= 15 is 0 Å². The Kier molecular flexibility index (Phi) is 5.16. The number of nitrogens with zero attached hydrogens (tertiary/aromatic N) is 3. The Morgan fingerprint density at radius 2 is 1.80 bits per heavy atom. The SMILES string of the molecule is Cc1cc(C(=O)Nc2ccc(N3CCCC3)cc2)nc(NC(C)C)n1. The summed E-state index contributed by atoms with van der Waals surface area (Å²) in [5.41, 5.74) is 3.09. The minimum atomic E-state index is -0.230. The summed E-state index contributed by atoms with van der Waals surface area (Å²) in [5, 5.41) is 6.04. The molecule has 6 heteroatoms. The van der Waals surface area contributed by atoms with Gasteiger partial charge in [-0.3, -0.25) is 4.79 Å². The predicted octanol–water partition coefficient (Wildman–Crippen LogP) is 3.46. The molecule has 1 saturated heterocycles. The summed E-state index contributed by atoms with van der Waals surface area (Å²) in [6.07, 6.45) is 2.50. The normalized spacial score (nSPS) is 14.0. The maximum absolute atomic E-state index is 12.5. The van der Waals surface area contributed by atoms with E-state index in [1.54, 1.807) is 6.07 Å². The molecule has 1 aliphatic heterocycles. The number of benzene rings is 1. The van der Waals surface area contributed by atoms with Crippen molar-refractivity contribution in [3.05, 3.63) is 41.7 Å². The maximum atomic E-state index is 12.5. The van der Waals surface area contributed by atoms with E-state index in [-0.39, 0.29) is 11.9 Å². The van der Waals surface area contributed by atoms with E-state index in [0.717, 1.165) is 24.5 Å². The van der Waals surface area contributed by atoms with E-state index in [9.17, 15) is 4.79 Å². The van der Waals surface area contributed by atoms with Crippen molar-refractivity contribution in [3.63, 3.8) is 0 Å². The molecule has 6 nitrogen and oxygen atoms in total. The maximum Gasteiger partial charge on any atom is 0.274 e. The number of rotatable bonds is 5. The second kappa shape index (κ2) is 7.51. The van der Waals surface area contributed by atoms with Crippen molar-refractivity contribution in [3.8, 4) is 0 Å². The van der Waals surface area contributed by atoms with Crippen molar-refractivity contribution in [1.82, 2.24) is 9.97 Å². The van der Waals surface area contributed by atoms with Crippen LogP contribution in [0, 0.1) is 6.92 Å². The van der Waals surface area contributed by atoms with Crippen LogP contribution in [0.1, 0.15) is 42.9 Å². The van der Waals surface area contributed by atoms with Crippen molar-refractivity contribution in [2.75, 3.05) is 28.6 Å². The smallest absolute Gasteiger partial charge is 0.274 e. The molecule has 25 heavy (non-hydrogen) atoms. The molecular weight excluding hydrogens is 314 g/mol. The molecule has 1 aromatic carbocycles. The van der Waals surface area contributed by atoms with Gasteiger partial charge < -0.3 is 15.5 Å². The third-order valence-electron chi connectivity index (χ3n) is 4.10. The van der Waals surface area contributed by atoms with Gasteiger partial charge >= 0.3 is 0 Å². The zero-order valence-electron chi connectivity index (χ0n) is 15.0. The molecule has 1 amide bonds. The van der Waals surface area contributed by atoms with E-state index in [4.69, 9.17) is 0 Å².